The van der Waals surface area contributed by atoms with Crippen LogP contribution in [-0.2, 0) is 14.3 Å². The number of hydrogen-bond acceptors (Lipinski definition) is 6. The van der Waals surface area contributed by atoms with Crippen LogP contribution < -0.4 is 5.32 Å². The van der Waals surface area contributed by atoms with Gasteiger partial charge in [0.2, 0.25) is 0 Å². The molecule has 3 rings (SSSR count). The predicted molar refractivity (Wildman–Crippen MR) is 106 cm³/mol. The van der Waals surface area contributed by atoms with Gasteiger partial charge in [-0.15, -0.1) is 11.3 Å². The van der Waals surface area contributed by atoms with Crippen molar-refractivity contribution >= 4 is 50.9 Å². The molecule has 0 bridgehead atoms. The number of hydrogen-bond donors (Lipinski definition) is 1. The van der Waals surface area contributed by atoms with Gasteiger partial charge in [-0.3, -0.25) is 9.59 Å². The number of carbonyl (C=O) groups is 2. The number of thioether (sulfide) groups is 1. The van der Waals surface area contributed by atoms with Gasteiger partial charge in [0, 0.05) is 17.9 Å². The Morgan fingerprint density at radius 2 is 1.85 bits per heavy atom. The molecule has 0 aliphatic heterocycles. The van der Waals surface area contributed by atoms with Crippen molar-refractivity contribution in [1.29, 1.82) is 0 Å². The fourth-order valence-corrected chi connectivity index (χ4v) is 4.30. The van der Waals surface area contributed by atoms with E-state index < -0.39 is 0 Å². The number of thiazole rings is 1. The molecule has 3 aromatic rings. The van der Waals surface area contributed by atoms with Gasteiger partial charge in [-0.05, 0) is 30.7 Å². The summed E-state index contributed by atoms with van der Waals surface area (Å²) in [4.78, 5) is 28.0. The monoisotopic (exact) mass is 386 g/mol. The molecule has 1 N–H and O–H groups in total. The molecule has 134 valence electrons. The van der Waals surface area contributed by atoms with Gasteiger partial charge in [-0.1, -0.05) is 42.1 Å². The molecule has 0 radical (unpaired) electrons. The van der Waals surface area contributed by atoms with E-state index in [0.29, 0.717) is 12.1 Å². The van der Waals surface area contributed by atoms with Gasteiger partial charge < -0.3 is 10.1 Å². The SMILES string of the molecule is O=C(COC(=O)CCCSc1nc2ccccc2s1)Nc1ccccc1. The molecule has 1 amide bonds. The van der Waals surface area contributed by atoms with Gasteiger partial charge in [0.25, 0.3) is 5.91 Å². The molecule has 1 aromatic heterocycles. The Kier molecular flexibility index (Phi) is 6.62. The van der Waals surface area contributed by atoms with E-state index in [-0.39, 0.29) is 24.9 Å². The van der Waals surface area contributed by atoms with E-state index in [9.17, 15) is 9.59 Å². The zero-order valence-corrected chi connectivity index (χ0v) is 15.6. The highest BCUT2D eigenvalue weighted by atomic mass is 32.2. The van der Waals surface area contributed by atoms with Crippen LogP contribution in [0.3, 0.4) is 0 Å². The van der Waals surface area contributed by atoms with Crippen molar-refractivity contribution in [2.45, 2.75) is 17.2 Å². The first kappa shape index (κ1) is 18.4. The molecular formula is C19H18N2O3S2. The molecule has 7 heteroatoms. The van der Waals surface area contributed by atoms with Crippen LogP contribution in [0.5, 0.6) is 0 Å². The maximum Gasteiger partial charge on any atom is 0.306 e. The molecule has 2 aromatic carbocycles. The highest BCUT2D eigenvalue weighted by Crippen LogP contribution is 2.29. The highest BCUT2D eigenvalue weighted by Gasteiger charge is 2.09. The standard InChI is InChI=1S/C19H18N2O3S2/c22-17(20-14-7-2-1-3-8-14)13-24-18(23)11-6-12-25-19-21-15-9-4-5-10-16(15)26-19/h1-5,7-10H,6,11-13H2,(H,20,22). The van der Waals surface area contributed by atoms with E-state index in [1.54, 1.807) is 35.2 Å². The third-order valence-electron chi connectivity index (χ3n) is 3.45. The minimum absolute atomic E-state index is 0.265. The average molecular weight is 386 g/mol. The van der Waals surface area contributed by atoms with Gasteiger partial charge in [-0.2, -0.15) is 0 Å². The fraction of sp³-hybridized carbons (Fsp3) is 0.211. The number of ether oxygens (including phenoxy) is 1. The fourth-order valence-electron chi connectivity index (χ4n) is 2.23. The van der Waals surface area contributed by atoms with Gasteiger partial charge >= 0.3 is 5.97 Å². The van der Waals surface area contributed by atoms with Crippen LogP contribution in [0.15, 0.2) is 58.9 Å². The highest BCUT2D eigenvalue weighted by molar-refractivity contribution is 8.01. The lowest BCUT2D eigenvalue weighted by Crippen LogP contribution is -2.20. The van der Waals surface area contributed by atoms with Crippen LogP contribution in [-0.4, -0.2) is 29.2 Å². The summed E-state index contributed by atoms with van der Waals surface area (Å²) >= 11 is 3.29. The number of para-hydroxylation sites is 2. The van der Waals surface area contributed by atoms with E-state index in [4.69, 9.17) is 4.74 Å². The molecule has 0 atom stereocenters. The van der Waals surface area contributed by atoms with Crippen LogP contribution in [0.1, 0.15) is 12.8 Å². The Hall–Kier alpha value is -2.38. The summed E-state index contributed by atoms with van der Waals surface area (Å²) in [5.41, 5.74) is 1.68. The number of nitrogens with zero attached hydrogens (tertiary/aromatic N) is 1. The second kappa shape index (κ2) is 9.35. The molecule has 0 spiro atoms. The van der Waals surface area contributed by atoms with Gasteiger partial charge in [0.1, 0.15) is 0 Å². The van der Waals surface area contributed by atoms with E-state index in [1.165, 1.54) is 4.70 Å². The van der Waals surface area contributed by atoms with Crippen molar-refractivity contribution in [3.8, 4) is 0 Å². The molecule has 5 nitrogen and oxygen atoms in total. The summed E-state index contributed by atoms with van der Waals surface area (Å²) in [7, 11) is 0. The van der Waals surface area contributed by atoms with Crippen LogP contribution in [0.4, 0.5) is 5.69 Å². The lowest BCUT2D eigenvalue weighted by molar-refractivity contribution is -0.147. The van der Waals surface area contributed by atoms with E-state index in [0.717, 1.165) is 15.6 Å². The third kappa shape index (κ3) is 5.57. The average Bonchev–Trinajstić information content (AvgIpc) is 3.07. The Morgan fingerprint density at radius 3 is 2.65 bits per heavy atom. The summed E-state index contributed by atoms with van der Waals surface area (Å²) in [6.45, 7) is -0.265. The van der Waals surface area contributed by atoms with Crippen LogP contribution >= 0.6 is 23.1 Å². The van der Waals surface area contributed by atoms with Gasteiger partial charge in [-0.25, -0.2) is 4.98 Å². The molecule has 0 saturated heterocycles. The molecule has 1 heterocycles. The van der Waals surface area contributed by atoms with Crippen LogP contribution in [0.2, 0.25) is 0 Å². The Labute approximate surface area is 159 Å². The first-order valence-electron chi connectivity index (χ1n) is 8.19. The zero-order chi connectivity index (χ0) is 18.2. The summed E-state index contributed by atoms with van der Waals surface area (Å²) in [5.74, 6) is 0.0806. The van der Waals surface area contributed by atoms with Crippen molar-refractivity contribution in [3.63, 3.8) is 0 Å². The predicted octanol–water partition coefficient (Wildman–Crippen LogP) is 4.35. The summed E-state index contributed by atoms with van der Waals surface area (Å²) in [5, 5.41) is 2.67. The van der Waals surface area contributed by atoms with Crippen molar-refractivity contribution in [2.24, 2.45) is 0 Å². The van der Waals surface area contributed by atoms with Crippen LogP contribution in [0.25, 0.3) is 10.2 Å². The number of benzene rings is 2. The van der Waals surface area contributed by atoms with Crippen molar-refractivity contribution < 1.29 is 14.3 Å². The number of anilines is 1. The molecule has 0 fully saturated rings. The third-order valence-corrected chi connectivity index (χ3v) is 5.71. The number of aromatic nitrogens is 1. The van der Waals surface area contributed by atoms with Crippen molar-refractivity contribution in [2.75, 3.05) is 17.7 Å². The first-order valence-corrected chi connectivity index (χ1v) is 10.00. The summed E-state index contributed by atoms with van der Waals surface area (Å²) in [6.07, 6.45) is 0.968. The zero-order valence-electron chi connectivity index (χ0n) is 14.0. The number of rotatable bonds is 8. The summed E-state index contributed by atoms with van der Waals surface area (Å²) in [6, 6.07) is 17.1. The summed E-state index contributed by atoms with van der Waals surface area (Å²) < 4.78 is 7.17. The molecule has 0 aliphatic rings. The maximum atomic E-state index is 11.7. The quantitative estimate of drug-likeness (QED) is 0.354. The molecule has 0 aliphatic carbocycles. The van der Waals surface area contributed by atoms with Gasteiger partial charge in [0.05, 0.1) is 10.2 Å². The van der Waals surface area contributed by atoms with Crippen LogP contribution in [0, 0.1) is 0 Å². The van der Waals surface area contributed by atoms with Crippen molar-refractivity contribution in [3.05, 3.63) is 54.6 Å². The number of carbonyl (C=O) groups excluding carboxylic acids is 2. The minimum Gasteiger partial charge on any atom is -0.456 e. The number of fused-ring (bicyclic) bond motifs is 1. The Bertz CT molecular complexity index is 848. The smallest absolute Gasteiger partial charge is 0.306 e. The van der Waals surface area contributed by atoms with E-state index >= 15 is 0 Å². The topological polar surface area (TPSA) is 68.3 Å². The number of esters is 1. The molecule has 0 saturated carbocycles. The Morgan fingerprint density at radius 1 is 1.08 bits per heavy atom. The van der Waals surface area contributed by atoms with Crippen molar-refractivity contribution in [1.82, 2.24) is 4.98 Å². The first-order chi connectivity index (χ1) is 12.7. The van der Waals surface area contributed by atoms with Gasteiger partial charge in [0.15, 0.2) is 10.9 Å². The minimum atomic E-state index is -0.363. The second-order valence-corrected chi connectivity index (χ2v) is 7.85. The number of amides is 1. The normalized spacial score (nSPS) is 10.6. The van der Waals surface area contributed by atoms with E-state index in [1.807, 2.05) is 36.4 Å². The lowest BCUT2D eigenvalue weighted by Gasteiger charge is -2.06. The number of nitrogens with one attached hydrogen (secondary N) is 1. The molecule has 0 unspecified atom stereocenters. The lowest BCUT2D eigenvalue weighted by atomic mass is 10.3. The molecule has 26 heavy (non-hydrogen) atoms. The Balaban J connectivity index is 1.32. The second-order valence-electron chi connectivity index (χ2n) is 5.47. The van der Waals surface area contributed by atoms with E-state index in [2.05, 4.69) is 16.4 Å². The maximum absolute atomic E-state index is 11.7. The largest absolute Gasteiger partial charge is 0.456 e. The molecular weight excluding hydrogens is 368 g/mol.